The molecule has 0 heterocycles. The fourth-order valence-electron chi connectivity index (χ4n) is 7.06. The molecule has 0 aromatic rings. The Balaban J connectivity index is 4.19. The molecule has 0 saturated heterocycles. The Labute approximate surface area is 400 Å². The summed E-state index contributed by atoms with van der Waals surface area (Å²) in [6.07, 6.45) is 70.0. The molecule has 0 aliphatic carbocycles. The Kier molecular flexibility index (Phi) is 50.0. The van der Waals surface area contributed by atoms with E-state index in [1.165, 1.54) is 57.8 Å². The molecule has 0 aromatic heterocycles. The molecule has 1 unspecified atom stereocenters. The van der Waals surface area contributed by atoms with Gasteiger partial charge in [0, 0.05) is 19.3 Å². The predicted molar refractivity (Wildman–Crippen MR) is 279 cm³/mol. The van der Waals surface area contributed by atoms with Crippen LogP contribution in [0.2, 0.25) is 0 Å². The van der Waals surface area contributed by atoms with Crippen molar-refractivity contribution in [3.8, 4) is 0 Å². The van der Waals surface area contributed by atoms with E-state index < -0.39 is 6.10 Å². The van der Waals surface area contributed by atoms with E-state index in [0.29, 0.717) is 19.3 Å². The molecule has 0 aromatic carbocycles. The van der Waals surface area contributed by atoms with Crippen molar-refractivity contribution in [2.75, 3.05) is 13.2 Å². The van der Waals surface area contributed by atoms with Crippen LogP contribution in [0.3, 0.4) is 0 Å². The monoisotopic (exact) mass is 903 g/mol. The van der Waals surface area contributed by atoms with Gasteiger partial charge in [0.2, 0.25) is 0 Å². The second kappa shape index (κ2) is 52.9. The average molecular weight is 903 g/mol. The molecule has 0 aliphatic rings. The Bertz CT molecular complexity index is 1310. The summed E-state index contributed by atoms with van der Waals surface area (Å²) in [7, 11) is 0. The average Bonchev–Trinajstić information content (AvgIpc) is 3.30. The lowest BCUT2D eigenvalue weighted by molar-refractivity contribution is -0.167. The van der Waals surface area contributed by atoms with E-state index >= 15 is 0 Å². The van der Waals surface area contributed by atoms with Crippen molar-refractivity contribution in [1.29, 1.82) is 0 Å². The fourth-order valence-corrected chi connectivity index (χ4v) is 7.06. The molecule has 65 heavy (non-hydrogen) atoms. The maximum atomic E-state index is 12.7. The number of hydrogen-bond donors (Lipinski definition) is 0. The zero-order valence-electron chi connectivity index (χ0n) is 42.2. The second-order valence-corrected chi connectivity index (χ2v) is 17.4. The molecule has 0 spiro atoms. The van der Waals surface area contributed by atoms with Crippen LogP contribution in [0.4, 0.5) is 0 Å². The van der Waals surface area contributed by atoms with E-state index in [2.05, 4.69) is 118 Å². The number of rotatable bonds is 47. The summed E-state index contributed by atoms with van der Waals surface area (Å²) in [6.45, 7) is 6.40. The summed E-state index contributed by atoms with van der Waals surface area (Å²) in [5.74, 6) is -0.933. The zero-order chi connectivity index (χ0) is 47.2. The summed E-state index contributed by atoms with van der Waals surface area (Å²) in [4.78, 5) is 37.7. The number of ether oxygens (including phenoxy) is 3. The van der Waals surface area contributed by atoms with Crippen LogP contribution in [-0.2, 0) is 28.6 Å². The van der Waals surface area contributed by atoms with Gasteiger partial charge in [-0.2, -0.15) is 0 Å². The highest BCUT2D eigenvalue weighted by Gasteiger charge is 2.19. The normalized spacial score (nSPS) is 12.8. The molecule has 6 heteroatoms. The number of esters is 3. The quantitative estimate of drug-likeness (QED) is 0.0262. The van der Waals surface area contributed by atoms with Gasteiger partial charge >= 0.3 is 17.9 Å². The Morgan fingerprint density at radius 2 is 0.600 bits per heavy atom. The van der Waals surface area contributed by atoms with Gasteiger partial charge in [0.1, 0.15) is 13.2 Å². The summed E-state index contributed by atoms with van der Waals surface area (Å²) in [5, 5.41) is 0. The molecular formula is C59H98O6. The highest BCUT2D eigenvalue weighted by molar-refractivity contribution is 5.71. The molecule has 0 saturated carbocycles. The molecule has 0 aliphatic heterocycles. The van der Waals surface area contributed by atoms with Crippen molar-refractivity contribution >= 4 is 17.9 Å². The standard InChI is InChI=1S/C59H98O6/c1-4-7-10-13-15-17-19-21-23-24-25-26-27-28-29-30-31-32-33-34-36-37-39-41-43-46-49-52-58(61)64-55-56(54-63-57(60)51-48-45-12-9-6-3)65-59(62)53-50-47-44-42-40-38-35-22-20-18-16-14-11-8-5-2/h7,10,15,17,21-23,25-26,28-29,31-32,34-36,56H,4-6,8-9,11-14,16,18-20,24,27,30,33,37-55H2,1-3H3/b10-7-,17-15-,23-21-,26-25-,29-28-,32-31-,35-22-,36-34-. The smallest absolute Gasteiger partial charge is 0.306 e. The molecule has 0 bridgehead atoms. The molecule has 0 N–H and O–H groups in total. The van der Waals surface area contributed by atoms with Crippen LogP contribution in [0.25, 0.3) is 0 Å². The Morgan fingerprint density at radius 1 is 0.323 bits per heavy atom. The largest absolute Gasteiger partial charge is 0.462 e. The minimum atomic E-state index is -0.786. The van der Waals surface area contributed by atoms with Crippen molar-refractivity contribution in [1.82, 2.24) is 0 Å². The van der Waals surface area contributed by atoms with Gasteiger partial charge in [-0.25, -0.2) is 0 Å². The lowest BCUT2D eigenvalue weighted by Crippen LogP contribution is -2.30. The Morgan fingerprint density at radius 3 is 0.954 bits per heavy atom. The maximum Gasteiger partial charge on any atom is 0.306 e. The second-order valence-electron chi connectivity index (χ2n) is 17.4. The third-order valence-corrected chi connectivity index (χ3v) is 11.1. The zero-order valence-corrected chi connectivity index (χ0v) is 42.2. The Hall–Kier alpha value is -3.67. The lowest BCUT2D eigenvalue weighted by atomic mass is 10.1. The van der Waals surface area contributed by atoms with Gasteiger partial charge in [0.15, 0.2) is 6.10 Å². The summed E-state index contributed by atoms with van der Waals surface area (Å²) >= 11 is 0. The third-order valence-electron chi connectivity index (χ3n) is 11.1. The van der Waals surface area contributed by atoms with Crippen molar-refractivity contribution in [3.05, 3.63) is 97.2 Å². The van der Waals surface area contributed by atoms with E-state index in [1.807, 2.05) is 0 Å². The topological polar surface area (TPSA) is 78.9 Å². The highest BCUT2D eigenvalue weighted by atomic mass is 16.6. The van der Waals surface area contributed by atoms with Crippen molar-refractivity contribution in [2.45, 2.75) is 245 Å². The molecule has 0 radical (unpaired) electrons. The van der Waals surface area contributed by atoms with E-state index in [1.54, 1.807) is 0 Å². The van der Waals surface area contributed by atoms with Crippen LogP contribution in [0.1, 0.15) is 239 Å². The van der Waals surface area contributed by atoms with Crippen molar-refractivity contribution < 1.29 is 28.6 Å². The van der Waals surface area contributed by atoms with Crippen LogP contribution in [0.15, 0.2) is 97.2 Å². The third kappa shape index (κ3) is 51.2. The van der Waals surface area contributed by atoms with Crippen LogP contribution in [-0.4, -0.2) is 37.2 Å². The van der Waals surface area contributed by atoms with Gasteiger partial charge in [-0.15, -0.1) is 0 Å². The van der Waals surface area contributed by atoms with Gasteiger partial charge in [0.25, 0.3) is 0 Å². The van der Waals surface area contributed by atoms with Crippen molar-refractivity contribution in [3.63, 3.8) is 0 Å². The van der Waals surface area contributed by atoms with Crippen molar-refractivity contribution in [2.24, 2.45) is 0 Å². The van der Waals surface area contributed by atoms with E-state index in [-0.39, 0.29) is 31.1 Å². The van der Waals surface area contributed by atoms with Gasteiger partial charge < -0.3 is 14.2 Å². The van der Waals surface area contributed by atoms with Gasteiger partial charge in [-0.1, -0.05) is 214 Å². The summed E-state index contributed by atoms with van der Waals surface area (Å²) in [6, 6.07) is 0. The number of carbonyl (C=O) groups excluding carboxylic acids is 3. The number of hydrogen-bond acceptors (Lipinski definition) is 6. The highest BCUT2D eigenvalue weighted by Crippen LogP contribution is 2.13. The van der Waals surface area contributed by atoms with E-state index in [0.717, 1.165) is 141 Å². The first-order chi connectivity index (χ1) is 32.0. The molecule has 0 fully saturated rings. The first-order valence-electron chi connectivity index (χ1n) is 26.7. The van der Waals surface area contributed by atoms with Crippen LogP contribution in [0, 0.1) is 0 Å². The minimum absolute atomic E-state index is 0.0883. The SMILES string of the molecule is CC/C=C\C/C=C\C/C=C\C/C=C\C/C=C\C/C=C\C/C=C\CCCCCCCC(=O)OCC(COC(=O)CCCCCCC)OC(=O)CCCCCCC/C=C\CCCCCCCC. The molecule has 370 valence electrons. The fraction of sp³-hybridized carbons (Fsp3) is 0.678. The van der Waals surface area contributed by atoms with Crippen LogP contribution < -0.4 is 0 Å². The first-order valence-corrected chi connectivity index (χ1v) is 26.7. The number of allylic oxidation sites excluding steroid dienone is 16. The molecule has 6 nitrogen and oxygen atoms in total. The van der Waals surface area contributed by atoms with Gasteiger partial charge in [0.05, 0.1) is 0 Å². The van der Waals surface area contributed by atoms with Gasteiger partial charge in [-0.3, -0.25) is 14.4 Å². The maximum absolute atomic E-state index is 12.7. The molecule has 0 rings (SSSR count). The first kappa shape index (κ1) is 61.3. The summed E-state index contributed by atoms with van der Waals surface area (Å²) < 4.78 is 16.7. The molecule has 0 amide bonds. The molecule has 1 atom stereocenters. The van der Waals surface area contributed by atoms with E-state index in [9.17, 15) is 14.4 Å². The number of carbonyl (C=O) groups is 3. The van der Waals surface area contributed by atoms with Crippen LogP contribution in [0.5, 0.6) is 0 Å². The molecular weight excluding hydrogens is 805 g/mol. The predicted octanol–water partition coefficient (Wildman–Crippen LogP) is 17.8. The van der Waals surface area contributed by atoms with E-state index in [4.69, 9.17) is 14.2 Å². The summed E-state index contributed by atoms with van der Waals surface area (Å²) in [5.41, 5.74) is 0. The van der Waals surface area contributed by atoms with Gasteiger partial charge in [-0.05, 0) is 103 Å². The lowest BCUT2D eigenvalue weighted by Gasteiger charge is -2.18. The van der Waals surface area contributed by atoms with Crippen LogP contribution >= 0.6 is 0 Å². The number of unbranched alkanes of at least 4 members (excludes halogenated alkanes) is 20. The minimum Gasteiger partial charge on any atom is -0.462 e.